The van der Waals surface area contributed by atoms with E-state index in [2.05, 4.69) is 5.32 Å². The molecule has 0 saturated heterocycles. The van der Waals surface area contributed by atoms with Crippen molar-refractivity contribution >= 4 is 70.0 Å². The van der Waals surface area contributed by atoms with Crippen LogP contribution in [0.1, 0.15) is 16.7 Å². The molecule has 0 spiro atoms. The number of rotatable bonds is 10. The first kappa shape index (κ1) is 27.7. The first-order chi connectivity index (χ1) is 16.8. The lowest BCUT2D eigenvalue weighted by Gasteiger charge is -2.31. The van der Waals surface area contributed by atoms with Crippen molar-refractivity contribution in [1.29, 1.82) is 0 Å². The minimum Gasteiger partial charge on any atom is -0.357 e. The van der Waals surface area contributed by atoms with Gasteiger partial charge in [0.15, 0.2) is 0 Å². The highest BCUT2D eigenvalue weighted by Gasteiger charge is 2.30. The number of carbonyl (C=O) groups is 2. The Labute approximate surface area is 229 Å². The summed E-state index contributed by atoms with van der Waals surface area (Å²) in [6.45, 7) is 0.0929. The maximum atomic E-state index is 13.6. The summed E-state index contributed by atoms with van der Waals surface area (Å²) in [6.07, 6.45) is 0.343. The zero-order valence-electron chi connectivity index (χ0n) is 18.9. The van der Waals surface area contributed by atoms with Gasteiger partial charge in [-0.1, -0.05) is 88.9 Å². The first-order valence-electron chi connectivity index (χ1n) is 10.8. The summed E-state index contributed by atoms with van der Waals surface area (Å²) in [4.78, 5) is 28.1. The van der Waals surface area contributed by atoms with Crippen molar-refractivity contribution < 1.29 is 9.59 Å². The number of carbonyl (C=O) groups excluding carboxylic acids is 2. The Morgan fingerprint density at radius 3 is 1.91 bits per heavy atom. The van der Waals surface area contributed by atoms with Crippen LogP contribution in [0.4, 0.5) is 0 Å². The largest absolute Gasteiger partial charge is 0.357 e. The number of halogens is 4. The van der Waals surface area contributed by atoms with E-state index in [-0.39, 0.29) is 24.1 Å². The van der Waals surface area contributed by atoms with E-state index in [0.717, 1.165) is 11.1 Å². The van der Waals surface area contributed by atoms with Gasteiger partial charge in [-0.3, -0.25) is 9.59 Å². The average molecular weight is 570 g/mol. The monoisotopic (exact) mass is 568 g/mol. The van der Waals surface area contributed by atoms with E-state index < -0.39 is 6.04 Å². The van der Waals surface area contributed by atoms with Crippen LogP contribution in [0.3, 0.4) is 0 Å². The highest BCUT2D eigenvalue weighted by Crippen LogP contribution is 2.30. The fraction of sp³-hybridized carbons (Fsp3) is 0.231. The van der Waals surface area contributed by atoms with Crippen molar-refractivity contribution in [2.75, 3.05) is 12.8 Å². The van der Waals surface area contributed by atoms with Gasteiger partial charge in [0.2, 0.25) is 11.8 Å². The Kier molecular flexibility index (Phi) is 10.6. The first-order valence-corrected chi connectivity index (χ1v) is 13.5. The van der Waals surface area contributed by atoms with Crippen molar-refractivity contribution in [1.82, 2.24) is 10.2 Å². The van der Waals surface area contributed by atoms with Crippen molar-refractivity contribution in [3.05, 3.63) is 104 Å². The lowest BCUT2D eigenvalue weighted by molar-refractivity contribution is -0.139. The number of nitrogens with one attached hydrogen (secondary N) is 1. The van der Waals surface area contributed by atoms with Crippen LogP contribution < -0.4 is 5.32 Å². The molecular weight excluding hydrogens is 546 g/mol. The minimum atomic E-state index is -0.758. The molecule has 0 aromatic heterocycles. The van der Waals surface area contributed by atoms with E-state index in [0.29, 0.717) is 37.8 Å². The maximum absolute atomic E-state index is 13.6. The van der Waals surface area contributed by atoms with Crippen LogP contribution in [0.25, 0.3) is 0 Å². The molecule has 0 bridgehead atoms. The summed E-state index contributed by atoms with van der Waals surface area (Å²) >= 11 is 26.8. The Balaban J connectivity index is 1.88. The van der Waals surface area contributed by atoms with Gasteiger partial charge in [-0.2, -0.15) is 0 Å². The van der Waals surface area contributed by atoms with Crippen molar-refractivity contribution in [3.8, 4) is 0 Å². The number of hydrogen-bond acceptors (Lipinski definition) is 3. The van der Waals surface area contributed by atoms with Gasteiger partial charge in [0.1, 0.15) is 6.04 Å². The van der Waals surface area contributed by atoms with Gasteiger partial charge in [-0.05, 0) is 35.4 Å². The molecule has 3 rings (SSSR count). The molecule has 184 valence electrons. The number of hydrogen-bond donors (Lipinski definition) is 1. The molecule has 1 atom stereocenters. The standard InChI is InChI=1S/C26H24Cl4N2O2S/c1-31-26(34)24(13-17-7-3-2-4-8-17)32(14-18-20(27)9-5-10-21(18)28)25(33)16-35-15-19-22(29)11-6-12-23(19)30/h2-12,24H,13-16H2,1H3,(H,31,34)/t24-/m1/s1. The normalized spacial score (nSPS) is 11.7. The Bertz CT molecular complexity index is 1140. The van der Waals surface area contributed by atoms with Gasteiger partial charge in [0.05, 0.1) is 5.75 Å². The predicted molar refractivity (Wildman–Crippen MR) is 148 cm³/mol. The summed E-state index contributed by atoms with van der Waals surface area (Å²) in [5, 5.41) is 4.65. The molecule has 1 N–H and O–H groups in total. The Hall–Kier alpha value is -1.89. The molecule has 0 radical (unpaired) electrons. The molecule has 4 nitrogen and oxygen atoms in total. The SMILES string of the molecule is CNC(=O)[C@@H](Cc1ccccc1)N(Cc1c(Cl)cccc1Cl)C(=O)CSCc1c(Cl)cccc1Cl. The van der Waals surface area contributed by atoms with Crippen molar-refractivity contribution in [3.63, 3.8) is 0 Å². The Morgan fingerprint density at radius 1 is 0.829 bits per heavy atom. The van der Waals surface area contributed by atoms with Gasteiger partial charge in [0, 0.05) is 51.4 Å². The number of thioether (sulfide) groups is 1. The molecule has 0 aliphatic heterocycles. The van der Waals surface area contributed by atoms with Crippen LogP contribution in [-0.4, -0.2) is 35.6 Å². The van der Waals surface area contributed by atoms with E-state index in [1.54, 1.807) is 48.3 Å². The second-order valence-electron chi connectivity index (χ2n) is 7.73. The van der Waals surface area contributed by atoms with Crippen molar-refractivity contribution in [2.24, 2.45) is 0 Å². The fourth-order valence-electron chi connectivity index (χ4n) is 3.57. The molecule has 2 amide bonds. The summed E-state index contributed by atoms with van der Waals surface area (Å²) < 4.78 is 0. The average Bonchev–Trinajstić information content (AvgIpc) is 2.84. The summed E-state index contributed by atoms with van der Waals surface area (Å²) in [5.74, 6) is 0.0726. The van der Waals surface area contributed by atoms with E-state index >= 15 is 0 Å². The second-order valence-corrected chi connectivity index (χ2v) is 10.3. The predicted octanol–water partition coefficient (Wildman–Crippen LogP) is 6.92. The van der Waals surface area contributed by atoms with Crippen LogP contribution in [0, 0.1) is 0 Å². The zero-order valence-corrected chi connectivity index (χ0v) is 22.8. The molecule has 0 heterocycles. The van der Waals surface area contributed by atoms with E-state index in [1.807, 2.05) is 30.3 Å². The molecule has 0 fully saturated rings. The molecule has 9 heteroatoms. The van der Waals surface area contributed by atoms with Gasteiger partial charge in [0.25, 0.3) is 0 Å². The third-order valence-electron chi connectivity index (χ3n) is 5.44. The van der Waals surface area contributed by atoms with Crippen molar-refractivity contribution in [2.45, 2.75) is 24.8 Å². The lowest BCUT2D eigenvalue weighted by Crippen LogP contribution is -2.50. The van der Waals surface area contributed by atoms with E-state index in [1.165, 1.54) is 11.8 Å². The van der Waals surface area contributed by atoms with Crippen LogP contribution in [0.2, 0.25) is 20.1 Å². The Morgan fingerprint density at radius 2 is 1.37 bits per heavy atom. The summed E-state index contributed by atoms with van der Waals surface area (Å²) in [6, 6.07) is 19.3. The van der Waals surface area contributed by atoms with E-state index in [9.17, 15) is 9.59 Å². The molecule has 0 aliphatic carbocycles. The molecule has 0 aliphatic rings. The van der Waals surface area contributed by atoms with Gasteiger partial charge >= 0.3 is 0 Å². The number of nitrogens with zero attached hydrogens (tertiary/aromatic N) is 1. The number of likely N-dealkylation sites (N-methyl/N-ethyl adjacent to an activating group) is 1. The lowest BCUT2D eigenvalue weighted by atomic mass is 10.0. The highest BCUT2D eigenvalue weighted by molar-refractivity contribution is 7.99. The van der Waals surface area contributed by atoms with Crippen LogP contribution in [0.5, 0.6) is 0 Å². The van der Waals surface area contributed by atoms with Gasteiger partial charge in [-0.15, -0.1) is 11.8 Å². The smallest absolute Gasteiger partial charge is 0.242 e. The summed E-state index contributed by atoms with van der Waals surface area (Å²) in [5.41, 5.74) is 2.28. The minimum absolute atomic E-state index is 0.0929. The van der Waals surface area contributed by atoms with Gasteiger partial charge in [-0.25, -0.2) is 0 Å². The van der Waals surface area contributed by atoms with E-state index in [4.69, 9.17) is 46.4 Å². The van der Waals surface area contributed by atoms with Crippen LogP contribution in [-0.2, 0) is 28.3 Å². The quantitative estimate of drug-likeness (QED) is 0.288. The highest BCUT2D eigenvalue weighted by atomic mass is 35.5. The maximum Gasteiger partial charge on any atom is 0.242 e. The number of amides is 2. The molecule has 3 aromatic carbocycles. The van der Waals surface area contributed by atoms with Crippen LogP contribution in [0.15, 0.2) is 66.7 Å². The topological polar surface area (TPSA) is 49.4 Å². The molecule has 0 saturated carbocycles. The molecule has 35 heavy (non-hydrogen) atoms. The van der Waals surface area contributed by atoms with Gasteiger partial charge < -0.3 is 10.2 Å². The molecule has 3 aromatic rings. The third kappa shape index (κ3) is 7.55. The molecule has 0 unspecified atom stereocenters. The second kappa shape index (κ2) is 13.4. The molecular formula is C26H24Cl4N2O2S. The fourth-order valence-corrected chi connectivity index (χ4v) is 5.73. The number of benzene rings is 3. The summed E-state index contributed by atoms with van der Waals surface area (Å²) in [7, 11) is 1.56. The third-order valence-corrected chi connectivity index (χ3v) is 7.80. The van der Waals surface area contributed by atoms with Crippen LogP contribution >= 0.6 is 58.2 Å². The zero-order chi connectivity index (χ0) is 25.4.